The second kappa shape index (κ2) is 12.5. The summed E-state index contributed by atoms with van der Waals surface area (Å²) >= 11 is 0. The van der Waals surface area contributed by atoms with Crippen molar-refractivity contribution in [2.75, 3.05) is 0 Å². The van der Waals surface area contributed by atoms with Gasteiger partial charge in [-0.2, -0.15) is 9.65 Å². The molecule has 0 N–H and O–H groups in total. The molecule has 0 aromatic carbocycles. The molecule has 2 fully saturated rings. The van der Waals surface area contributed by atoms with Crippen molar-refractivity contribution in [3.8, 4) is 6.07 Å². The minimum absolute atomic E-state index is 0.610. The first-order valence-electron chi connectivity index (χ1n) is 11.5. The van der Waals surface area contributed by atoms with Crippen LogP contribution in [-0.4, -0.2) is 0 Å². The molecule has 0 heterocycles. The van der Waals surface area contributed by atoms with Crippen LogP contribution in [-0.2, 0) is 0 Å². The third-order valence-corrected chi connectivity index (χ3v) is 7.17. The lowest BCUT2D eigenvalue weighted by molar-refractivity contribution is 0.140. The van der Waals surface area contributed by atoms with E-state index in [2.05, 4.69) is 6.92 Å². The Morgan fingerprint density at radius 1 is 0.846 bits per heavy atom. The molecule has 0 bridgehead atoms. The molecule has 2 rings (SSSR count). The molecule has 148 valence electrons. The van der Waals surface area contributed by atoms with Crippen molar-refractivity contribution in [2.24, 2.45) is 23.7 Å². The van der Waals surface area contributed by atoms with Gasteiger partial charge in [-0.3, -0.25) is 0 Å². The molecule has 0 aromatic heterocycles. The van der Waals surface area contributed by atoms with Crippen LogP contribution in [0, 0.1) is 35.0 Å². The summed E-state index contributed by atoms with van der Waals surface area (Å²) in [6.45, 7) is 2.29. The lowest BCUT2D eigenvalue weighted by atomic mass is 9.68. The highest BCUT2D eigenvalue weighted by atomic mass is 19.1. The second-order valence-electron chi connectivity index (χ2n) is 9.01. The predicted molar refractivity (Wildman–Crippen MR) is 108 cm³/mol. The number of halogens is 1. The van der Waals surface area contributed by atoms with E-state index in [-0.39, 0.29) is 0 Å². The molecule has 1 nitrogen and oxygen atoms in total. The molecule has 0 spiro atoms. The number of hydrogen-bond acceptors (Lipinski definition) is 1. The molecule has 0 aromatic rings. The van der Waals surface area contributed by atoms with E-state index in [1.807, 2.05) is 0 Å². The third-order valence-electron chi connectivity index (χ3n) is 7.17. The number of nitrogens with zero attached hydrogens (tertiary/aromatic N) is 1. The molecule has 2 aliphatic carbocycles. The minimum Gasteiger partial charge on any atom is -0.195 e. The van der Waals surface area contributed by atoms with E-state index < -0.39 is 5.83 Å². The van der Waals surface area contributed by atoms with Crippen molar-refractivity contribution < 1.29 is 4.39 Å². The Morgan fingerprint density at radius 3 is 1.92 bits per heavy atom. The van der Waals surface area contributed by atoms with Crippen molar-refractivity contribution >= 4 is 0 Å². The van der Waals surface area contributed by atoms with Gasteiger partial charge in [-0.1, -0.05) is 71.1 Å². The summed E-state index contributed by atoms with van der Waals surface area (Å²) in [5.74, 6) is 3.12. The van der Waals surface area contributed by atoms with E-state index in [0.717, 1.165) is 36.5 Å². The smallest absolute Gasteiger partial charge is 0.195 e. The van der Waals surface area contributed by atoms with Gasteiger partial charge in [-0.25, -0.2) is 0 Å². The molecule has 0 radical (unpaired) electrons. The van der Waals surface area contributed by atoms with E-state index in [9.17, 15) is 4.39 Å². The molecule has 0 saturated heterocycles. The van der Waals surface area contributed by atoms with Crippen LogP contribution < -0.4 is 0 Å². The molecule has 2 aliphatic rings. The van der Waals surface area contributed by atoms with Crippen molar-refractivity contribution in [3.05, 3.63) is 11.9 Å². The summed E-state index contributed by atoms with van der Waals surface area (Å²) < 4.78 is 12.9. The topological polar surface area (TPSA) is 23.8 Å². The summed E-state index contributed by atoms with van der Waals surface area (Å²) in [5, 5.41) is 8.46. The maximum absolute atomic E-state index is 12.9. The van der Waals surface area contributed by atoms with Crippen LogP contribution in [0.15, 0.2) is 11.9 Å². The maximum atomic E-state index is 12.9. The molecule has 0 unspecified atom stereocenters. The summed E-state index contributed by atoms with van der Waals surface area (Å²) in [6, 6.07) is 1.57. The molecule has 2 heteroatoms. The lowest BCUT2D eigenvalue weighted by Gasteiger charge is -2.38. The van der Waals surface area contributed by atoms with Gasteiger partial charge in [-0.15, -0.1) is 0 Å². The van der Waals surface area contributed by atoms with E-state index in [0.29, 0.717) is 0 Å². The fourth-order valence-electron chi connectivity index (χ4n) is 5.42. The Kier molecular flexibility index (Phi) is 10.3. The zero-order valence-corrected chi connectivity index (χ0v) is 17.0. The predicted octanol–water partition coefficient (Wildman–Crippen LogP) is 8.12. The number of hydrogen-bond donors (Lipinski definition) is 0. The third kappa shape index (κ3) is 7.81. The van der Waals surface area contributed by atoms with Gasteiger partial charge in [0, 0.05) is 0 Å². The SMILES string of the molecule is CCCCCCC[C@H]1CC[C@H]([C@H]2CC[C@H](CCC=C(F)C#N)CC2)CC1. The average molecular weight is 362 g/mol. The lowest BCUT2D eigenvalue weighted by Crippen LogP contribution is -2.25. The summed E-state index contributed by atoms with van der Waals surface area (Å²) in [4.78, 5) is 0. The van der Waals surface area contributed by atoms with Crippen LogP contribution in [0.25, 0.3) is 0 Å². The number of allylic oxidation sites excluding steroid dienone is 2. The highest BCUT2D eigenvalue weighted by Gasteiger charge is 2.30. The van der Waals surface area contributed by atoms with E-state index >= 15 is 0 Å². The van der Waals surface area contributed by atoms with Gasteiger partial charge in [0.2, 0.25) is 0 Å². The molecular formula is C24H40FN. The average Bonchev–Trinajstić information content (AvgIpc) is 2.69. The van der Waals surface area contributed by atoms with Gasteiger partial charge in [0.15, 0.2) is 5.83 Å². The number of rotatable bonds is 10. The Labute approximate surface area is 161 Å². The summed E-state index contributed by atoms with van der Waals surface area (Å²) in [6.07, 6.45) is 23.2. The van der Waals surface area contributed by atoms with Crippen molar-refractivity contribution in [2.45, 2.75) is 110 Å². The van der Waals surface area contributed by atoms with Gasteiger partial charge in [0.25, 0.3) is 0 Å². The summed E-state index contributed by atoms with van der Waals surface area (Å²) in [5.41, 5.74) is 0. The highest BCUT2D eigenvalue weighted by Crippen LogP contribution is 2.43. The number of nitriles is 1. The Hall–Kier alpha value is -0.840. The van der Waals surface area contributed by atoms with Crippen LogP contribution in [0.1, 0.15) is 110 Å². The van der Waals surface area contributed by atoms with E-state index in [1.165, 1.54) is 96.0 Å². The molecule has 26 heavy (non-hydrogen) atoms. The second-order valence-corrected chi connectivity index (χ2v) is 9.01. The fraction of sp³-hybridized carbons (Fsp3) is 0.875. The van der Waals surface area contributed by atoms with Gasteiger partial charge in [0.05, 0.1) is 0 Å². The number of unbranched alkanes of at least 4 members (excludes halogenated alkanes) is 4. The van der Waals surface area contributed by atoms with E-state index in [1.54, 1.807) is 6.07 Å². The Morgan fingerprint density at radius 2 is 1.38 bits per heavy atom. The van der Waals surface area contributed by atoms with Crippen molar-refractivity contribution in [1.82, 2.24) is 0 Å². The van der Waals surface area contributed by atoms with Crippen LogP contribution in [0.2, 0.25) is 0 Å². The highest BCUT2D eigenvalue weighted by molar-refractivity contribution is 5.11. The van der Waals surface area contributed by atoms with Crippen LogP contribution >= 0.6 is 0 Å². The van der Waals surface area contributed by atoms with Crippen LogP contribution in [0.4, 0.5) is 4.39 Å². The zero-order valence-electron chi connectivity index (χ0n) is 17.0. The van der Waals surface area contributed by atoms with Gasteiger partial charge in [-0.05, 0) is 68.3 Å². The maximum Gasteiger partial charge on any atom is 0.196 e. The molecule has 0 aliphatic heterocycles. The molecule has 2 saturated carbocycles. The first-order valence-corrected chi connectivity index (χ1v) is 11.5. The molecule has 0 amide bonds. The molecular weight excluding hydrogens is 321 g/mol. The first-order chi connectivity index (χ1) is 12.7. The van der Waals surface area contributed by atoms with Crippen molar-refractivity contribution in [3.63, 3.8) is 0 Å². The largest absolute Gasteiger partial charge is 0.196 e. The zero-order chi connectivity index (χ0) is 18.6. The van der Waals surface area contributed by atoms with Crippen LogP contribution in [0.5, 0.6) is 0 Å². The van der Waals surface area contributed by atoms with Crippen LogP contribution in [0.3, 0.4) is 0 Å². The summed E-state index contributed by atoms with van der Waals surface area (Å²) in [7, 11) is 0. The van der Waals surface area contributed by atoms with Gasteiger partial charge >= 0.3 is 0 Å². The van der Waals surface area contributed by atoms with Crippen molar-refractivity contribution in [1.29, 1.82) is 5.26 Å². The minimum atomic E-state index is -0.610. The van der Waals surface area contributed by atoms with Gasteiger partial charge in [0.1, 0.15) is 6.07 Å². The quantitative estimate of drug-likeness (QED) is 0.285. The Balaban J connectivity index is 1.56. The first kappa shape index (κ1) is 21.5. The monoisotopic (exact) mass is 361 g/mol. The Bertz CT molecular complexity index is 434. The molecule has 0 atom stereocenters. The normalized spacial score (nSPS) is 30.1. The van der Waals surface area contributed by atoms with E-state index in [4.69, 9.17) is 5.26 Å². The van der Waals surface area contributed by atoms with Gasteiger partial charge < -0.3 is 0 Å². The fourth-order valence-corrected chi connectivity index (χ4v) is 5.42. The standard InChI is InChI=1S/C24H40FN/c1-2-3-4-5-6-8-20-11-15-22(16-12-20)23-17-13-21(14-18-23)9-7-10-24(25)19-26/h10,20-23H,2-9,11-18H2,1H3/t20-,21-,22-,23-.